The Hall–Kier alpha value is -2.96. The van der Waals surface area contributed by atoms with Crippen molar-refractivity contribution < 1.29 is 9.13 Å². The number of likely N-dealkylation sites (tertiary alicyclic amines) is 1. The Kier molecular flexibility index (Phi) is 7.26. The van der Waals surface area contributed by atoms with Gasteiger partial charge in [-0.15, -0.1) is 0 Å². The van der Waals surface area contributed by atoms with Crippen LogP contribution in [0.15, 0.2) is 18.2 Å². The van der Waals surface area contributed by atoms with E-state index in [9.17, 15) is 9.65 Å². The number of benzene rings is 1. The van der Waals surface area contributed by atoms with Gasteiger partial charge in [0.2, 0.25) is 0 Å². The molecule has 192 valence electrons. The predicted octanol–water partition coefficient (Wildman–Crippen LogP) is 2.77. The number of nitrogens with zero attached hydrogens (tertiary/aromatic N) is 6. The van der Waals surface area contributed by atoms with Crippen LogP contribution in [-0.4, -0.2) is 79.5 Å². The van der Waals surface area contributed by atoms with E-state index in [0.29, 0.717) is 38.5 Å². The van der Waals surface area contributed by atoms with E-state index < -0.39 is 6.17 Å². The Bertz CT molecular complexity index is 1140. The van der Waals surface area contributed by atoms with E-state index in [1.807, 2.05) is 11.9 Å². The number of rotatable bonds is 6. The highest BCUT2D eigenvalue weighted by Gasteiger charge is 2.32. The van der Waals surface area contributed by atoms with E-state index >= 15 is 0 Å². The van der Waals surface area contributed by atoms with E-state index in [0.717, 1.165) is 44.1 Å². The lowest BCUT2D eigenvalue weighted by atomic mass is 10.0. The van der Waals surface area contributed by atoms with Crippen molar-refractivity contribution in [1.82, 2.24) is 20.2 Å². The number of aryl methyl sites for hydroxylation is 1. The van der Waals surface area contributed by atoms with Crippen LogP contribution in [0.25, 0.3) is 0 Å². The number of nitriles is 1. The molecule has 4 heterocycles. The summed E-state index contributed by atoms with van der Waals surface area (Å²) in [6, 6.07) is 9.22. The minimum Gasteiger partial charge on any atom is -0.462 e. The molecule has 3 atom stereocenters. The predicted molar refractivity (Wildman–Crippen MR) is 138 cm³/mol. The van der Waals surface area contributed by atoms with Crippen LogP contribution in [0.2, 0.25) is 0 Å². The van der Waals surface area contributed by atoms with Crippen LogP contribution in [0.1, 0.15) is 35.2 Å². The minimum absolute atomic E-state index is 0.0220. The molecule has 0 bridgehead atoms. The second kappa shape index (κ2) is 10.6. The largest absolute Gasteiger partial charge is 0.462 e. The molecule has 1 aromatic carbocycles. The van der Waals surface area contributed by atoms with Crippen molar-refractivity contribution in [2.75, 3.05) is 56.2 Å². The molecule has 0 radical (unpaired) electrons. The highest BCUT2D eigenvalue weighted by Crippen LogP contribution is 2.33. The van der Waals surface area contributed by atoms with E-state index in [2.05, 4.69) is 53.2 Å². The molecule has 1 N–H and O–H groups in total. The Morgan fingerprint density at radius 3 is 2.83 bits per heavy atom. The Morgan fingerprint density at radius 2 is 2.06 bits per heavy atom. The first-order valence-corrected chi connectivity index (χ1v) is 13.0. The molecule has 8 nitrogen and oxygen atoms in total. The summed E-state index contributed by atoms with van der Waals surface area (Å²) in [5.74, 6) is 0.920. The molecule has 0 spiro atoms. The second-order valence-electron chi connectivity index (χ2n) is 10.3. The van der Waals surface area contributed by atoms with Crippen molar-refractivity contribution in [3.63, 3.8) is 0 Å². The average molecular weight is 494 g/mol. The van der Waals surface area contributed by atoms with Gasteiger partial charge in [0.05, 0.1) is 24.7 Å². The topological polar surface area (TPSA) is 80.6 Å². The summed E-state index contributed by atoms with van der Waals surface area (Å²) in [6.45, 7) is 9.07. The van der Waals surface area contributed by atoms with Gasteiger partial charge in [-0.3, -0.25) is 4.90 Å². The molecule has 0 amide bonds. The lowest BCUT2D eigenvalue weighted by Crippen LogP contribution is -2.51. The quantitative estimate of drug-likeness (QED) is 0.658. The fourth-order valence-corrected chi connectivity index (χ4v) is 5.64. The summed E-state index contributed by atoms with van der Waals surface area (Å²) in [5.41, 5.74) is 5.96. The zero-order valence-corrected chi connectivity index (χ0v) is 21.5. The normalized spacial score (nSPS) is 24.5. The molecule has 36 heavy (non-hydrogen) atoms. The molecule has 5 rings (SSSR count). The maximum Gasteiger partial charge on any atom is 0.318 e. The van der Waals surface area contributed by atoms with Gasteiger partial charge >= 0.3 is 6.01 Å². The molecule has 3 aliphatic rings. The first kappa shape index (κ1) is 24.7. The Labute approximate surface area is 213 Å². The standard InChI is InChI=1S/C27H36FN7O/c1-18-5-4-6-25(19(18)2)34-11-8-23-24(16-34)31-27(36-17-22-13-20(28)14-33(22)3)32-26(23)35-12-10-30-21(15-35)7-9-29/h4-6,20-22,30H,7-8,10-17H2,1-3H3/t20-,21+,22+/m1/s1. The monoisotopic (exact) mass is 493 g/mol. The summed E-state index contributed by atoms with van der Waals surface area (Å²) >= 11 is 0. The zero-order valence-electron chi connectivity index (χ0n) is 21.5. The zero-order chi connectivity index (χ0) is 25.2. The molecular formula is C27H36FN7O. The average Bonchev–Trinajstić information content (AvgIpc) is 3.20. The Balaban J connectivity index is 1.44. The number of nitrogens with one attached hydrogen (secondary N) is 1. The number of anilines is 2. The van der Waals surface area contributed by atoms with Gasteiger partial charge in [0, 0.05) is 56.1 Å². The van der Waals surface area contributed by atoms with Crippen molar-refractivity contribution >= 4 is 11.5 Å². The molecule has 2 fully saturated rings. The van der Waals surface area contributed by atoms with Crippen LogP contribution in [0.5, 0.6) is 6.01 Å². The number of ether oxygens (including phenoxy) is 1. The number of halogens is 1. The SMILES string of the molecule is Cc1cccc(N2CCc3c(nc(OC[C@@H]4C[C@@H](F)CN4C)nc3N3CCN[C@@H](CC#N)C3)C2)c1C. The number of piperazine rings is 1. The molecule has 9 heteroatoms. The molecule has 0 aliphatic carbocycles. The van der Waals surface area contributed by atoms with Gasteiger partial charge < -0.3 is 19.9 Å². The molecule has 2 saturated heterocycles. The third-order valence-electron chi connectivity index (χ3n) is 7.87. The lowest BCUT2D eigenvalue weighted by molar-refractivity contribution is 0.187. The molecule has 3 aliphatic heterocycles. The molecule has 0 saturated carbocycles. The van der Waals surface area contributed by atoms with Crippen LogP contribution in [0.3, 0.4) is 0 Å². The third-order valence-corrected chi connectivity index (χ3v) is 7.87. The van der Waals surface area contributed by atoms with Crippen molar-refractivity contribution in [3.05, 3.63) is 40.6 Å². The summed E-state index contributed by atoms with van der Waals surface area (Å²) in [6.07, 6.45) is 0.974. The number of hydrogen-bond donors (Lipinski definition) is 1. The van der Waals surface area contributed by atoms with Crippen LogP contribution in [0.4, 0.5) is 15.9 Å². The van der Waals surface area contributed by atoms with Gasteiger partial charge in [-0.05, 0) is 50.9 Å². The molecule has 1 aromatic heterocycles. The summed E-state index contributed by atoms with van der Waals surface area (Å²) in [5, 5.41) is 12.7. The third kappa shape index (κ3) is 5.11. The number of likely N-dealkylation sites (N-methyl/N-ethyl adjacent to an activating group) is 1. The fourth-order valence-electron chi connectivity index (χ4n) is 5.64. The lowest BCUT2D eigenvalue weighted by Gasteiger charge is -2.37. The van der Waals surface area contributed by atoms with Crippen LogP contribution >= 0.6 is 0 Å². The van der Waals surface area contributed by atoms with Crippen molar-refractivity contribution in [1.29, 1.82) is 5.26 Å². The van der Waals surface area contributed by atoms with Gasteiger partial charge in [-0.1, -0.05) is 12.1 Å². The second-order valence-corrected chi connectivity index (χ2v) is 10.3. The summed E-state index contributed by atoms with van der Waals surface area (Å²) < 4.78 is 20.0. The maximum atomic E-state index is 13.9. The van der Waals surface area contributed by atoms with Crippen molar-refractivity contribution in [3.8, 4) is 12.1 Å². The first-order valence-electron chi connectivity index (χ1n) is 13.0. The first-order chi connectivity index (χ1) is 17.4. The van der Waals surface area contributed by atoms with Gasteiger partial charge in [-0.2, -0.15) is 15.2 Å². The van der Waals surface area contributed by atoms with Crippen LogP contribution in [0, 0.1) is 25.2 Å². The van der Waals surface area contributed by atoms with E-state index in [1.54, 1.807) is 0 Å². The smallest absolute Gasteiger partial charge is 0.318 e. The number of hydrogen-bond acceptors (Lipinski definition) is 8. The minimum atomic E-state index is -0.812. The highest BCUT2D eigenvalue weighted by molar-refractivity contribution is 5.59. The van der Waals surface area contributed by atoms with Gasteiger partial charge in [0.25, 0.3) is 0 Å². The van der Waals surface area contributed by atoms with Crippen molar-refractivity contribution in [2.24, 2.45) is 0 Å². The van der Waals surface area contributed by atoms with E-state index in [1.165, 1.54) is 22.4 Å². The van der Waals surface area contributed by atoms with Crippen LogP contribution < -0.4 is 19.9 Å². The molecular weight excluding hydrogens is 457 g/mol. The van der Waals surface area contributed by atoms with Gasteiger partial charge in [-0.25, -0.2) is 4.39 Å². The van der Waals surface area contributed by atoms with Gasteiger partial charge in [0.1, 0.15) is 18.6 Å². The van der Waals surface area contributed by atoms with Gasteiger partial charge in [0.15, 0.2) is 0 Å². The fraction of sp³-hybridized carbons (Fsp3) is 0.593. The number of fused-ring (bicyclic) bond motifs is 1. The maximum absolute atomic E-state index is 13.9. The van der Waals surface area contributed by atoms with E-state index in [-0.39, 0.29) is 12.1 Å². The van der Waals surface area contributed by atoms with Crippen molar-refractivity contribution in [2.45, 2.75) is 57.9 Å². The van der Waals surface area contributed by atoms with E-state index in [4.69, 9.17) is 14.7 Å². The molecule has 0 unspecified atom stereocenters. The Morgan fingerprint density at radius 1 is 1.19 bits per heavy atom. The number of alkyl halides is 1. The summed E-state index contributed by atoms with van der Waals surface area (Å²) in [7, 11) is 1.94. The molecule has 2 aromatic rings. The number of aromatic nitrogens is 2. The summed E-state index contributed by atoms with van der Waals surface area (Å²) in [4.78, 5) is 16.4. The highest BCUT2D eigenvalue weighted by atomic mass is 19.1. The van der Waals surface area contributed by atoms with Crippen LogP contribution in [-0.2, 0) is 13.0 Å².